The molecule has 0 aromatic carbocycles. The zero-order valence-electron chi connectivity index (χ0n) is 19.2. The second kappa shape index (κ2) is 11.3. The van der Waals surface area contributed by atoms with Gasteiger partial charge in [-0.15, -0.1) is 0 Å². The number of aliphatic hydroxyl groups excluding tert-OH is 1. The number of carbonyl (C=O) groups is 1. The summed E-state index contributed by atoms with van der Waals surface area (Å²) in [6.45, 7) is 1.04. The van der Waals surface area contributed by atoms with Gasteiger partial charge in [-0.3, -0.25) is 9.59 Å². The van der Waals surface area contributed by atoms with Crippen LogP contribution in [0.25, 0.3) is 0 Å². The Morgan fingerprint density at radius 2 is 1.89 bits per heavy atom. The number of carbonyl (C=O) groups excluding carboxylic acids is 1. The number of hydrogen-bond donors (Lipinski definition) is 4. The number of aromatic nitrogens is 4. The lowest BCUT2D eigenvalue weighted by Gasteiger charge is -2.36. The van der Waals surface area contributed by atoms with Crippen LogP contribution in [-0.4, -0.2) is 75.7 Å². The Bertz CT molecular complexity index is 1130. The molecule has 0 unspecified atom stereocenters. The van der Waals surface area contributed by atoms with Crippen LogP contribution in [0.1, 0.15) is 24.5 Å². The summed E-state index contributed by atoms with van der Waals surface area (Å²) in [4.78, 5) is 32.5. The summed E-state index contributed by atoms with van der Waals surface area (Å²) in [7, 11) is 0. The largest absolute Gasteiger partial charge is 0.423 e. The molecule has 1 fully saturated rings. The second-order valence-electron chi connectivity index (χ2n) is 8.29. The molecule has 1 aliphatic heterocycles. The number of alkyl halides is 6. The lowest BCUT2D eigenvalue weighted by atomic mass is 10.0. The van der Waals surface area contributed by atoms with Crippen molar-refractivity contribution in [2.45, 2.75) is 43.9 Å². The number of ether oxygens (including phenoxy) is 1. The molecule has 11 nitrogen and oxygen atoms in total. The molecule has 0 radical (unpaired) electrons. The highest BCUT2D eigenvalue weighted by Crippen LogP contribution is 2.31. The molecule has 1 aliphatic rings. The van der Waals surface area contributed by atoms with E-state index in [1.807, 2.05) is 0 Å². The predicted molar refractivity (Wildman–Crippen MR) is 116 cm³/mol. The van der Waals surface area contributed by atoms with Gasteiger partial charge in [0.1, 0.15) is 12.2 Å². The Kier molecular flexibility index (Phi) is 8.57. The van der Waals surface area contributed by atoms with Gasteiger partial charge in [0.05, 0.1) is 36.2 Å². The predicted octanol–water partition coefficient (Wildman–Crippen LogP) is 1.17. The van der Waals surface area contributed by atoms with Gasteiger partial charge in [0.2, 0.25) is 11.9 Å². The number of aromatic amines is 1. The van der Waals surface area contributed by atoms with E-state index in [9.17, 15) is 41.0 Å². The molecule has 1 saturated heterocycles. The molecule has 4 N–H and O–H groups in total. The van der Waals surface area contributed by atoms with Crippen molar-refractivity contribution in [2.75, 3.05) is 36.5 Å². The monoisotopic (exact) mass is 539 g/mol. The molecule has 1 amide bonds. The van der Waals surface area contributed by atoms with E-state index >= 15 is 0 Å². The van der Waals surface area contributed by atoms with E-state index in [0.717, 1.165) is 6.20 Å². The fourth-order valence-electron chi connectivity index (χ4n) is 3.59. The molecule has 3 rings (SSSR count). The fraction of sp³-hybridized carbons (Fsp3) is 0.550. The van der Waals surface area contributed by atoms with Crippen molar-refractivity contribution < 1.29 is 41.0 Å². The third kappa shape index (κ3) is 7.51. The number of nitrogens with zero attached hydrogens (tertiary/aromatic N) is 4. The van der Waals surface area contributed by atoms with Crippen LogP contribution in [0.3, 0.4) is 0 Å². The number of piperidine rings is 1. The van der Waals surface area contributed by atoms with Crippen LogP contribution >= 0.6 is 0 Å². The smallest absolute Gasteiger partial charge is 0.389 e. The summed E-state index contributed by atoms with van der Waals surface area (Å²) in [6.07, 6.45) is -8.21. The van der Waals surface area contributed by atoms with E-state index in [2.05, 4.69) is 25.7 Å². The maximum Gasteiger partial charge on any atom is 0.423 e. The molecule has 2 aromatic heterocycles. The number of amides is 1. The Labute approximate surface area is 205 Å². The summed E-state index contributed by atoms with van der Waals surface area (Å²) < 4.78 is 82.5. The number of aliphatic hydroxyl groups is 1. The van der Waals surface area contributed by atoms with Crippen LogP contribution in [0.15, 0.2) is 23.4 Å². The molecule has 3 atom stereocenters. The average molecular weight is 539 g/mol. The van der Waals surface area contributed by atoms with Crippen molar-refractivity contribution in [3.63, 3.8) is 0 Å². The number of anilines is 2. The van der Waals surface area contributed by atoms with Gasteiger partial charge in [0.15, 0.2) is 0 Å². The Hall–Kier alpha value is -3.47. The zero-order valence-corrected chi connectivity index (χ0v) is 19.2. The minimum Gasteiger partial charge on any atom is -0.389 e. The van der Waals surface area contributed by atoms with Gasteiger partial charge in [-0.2, -0.15) is 31.4 Å². The molecule has 0 aliphatic carbocycles. The first-order chi connectivity index (χ1) is 17.3. The maximum absolute atomic E-state index is 13.1. The van der Waals surface area contributed by atoms with Gasteiger partial charge in [-0.25, -0.2) is 15.1 Å². The summed E-state index contributed by atoms with van der Waals surface area (Å²) in [5, 5.41) is 20.5. The lowest BCUT2D eigenvalue weighted by Crippen LogP contribution is -2.55. The number of β-amino-alcohol motifs (C(OH)–C–C–N with tert-alkyl or cyclic N) is 1. The number of H-pyrrole nitrogens is 1. The highest BCUT2D eigenvalue weighted by Gasteiger charge is 2.38. The summed E-state index contributed by atoms with van der Waals surface area (Å²) >= 11 is 0. The van der Waals surface area contributed by atoms with Crippen LogP contribution < -0.4 is 21.1 Å². The van der Waals surface area contributed by atoms with Gasteiger partial charge >= 0.3 is 12.4 Å². The zero-order chi connectivity index (χ0) is 27.4. The van der Waals surface area contributed by atoms with E-state index in [4.69, 9.17) is 4.74 Å². The first-order valence-corrected chi connectivity index (χ1v) is 10.9. The molecule has 3 heterocycles. The van der Waals surface area contributed by atoms with Crippen LogP contribution in [0.4, 0.5) is 38.0 Å². The van der Waals surface area contributed by atoms with E-state index in [-0.39, 0.29) is 32.1 Å². The van der Waals surface area contributed by atoms with Gasteiger partial charge in [0, 0.05) is 31.5 Å². The summed E-state index contributed by atoms with van der Waals surface area (Å²) in [6, 6.07) is -1.40. The average Bonchev–Trinajstić information content (AvgIpc) is 2.79. The SMILES string of the molecule is C[C@@H](COCC(=O)N[C@@H]1CCN(c2ncc(C(F)(F)F)cn2)C[C@H]1O)Nc1cn[nH]c(=O)c1C(F)(F)F. The molecule has 0 spiro atoms. The molecule has 0 saturated carbocycles. The molecule has 17 heteroatoms. The lowest BCUT2D eigenvalue weighted by molar-refractivity contribution is -0.139. The Balaban J connectivity index is 1.44. The molecule has 204 valence electrons. The quantitative estimate of drug-likeness (QED) is 0.363. The second-order valence-corrected chi connectivity index (χ2v) is 8.29. The van der Waals surface area contributed by atoms with Gasteiger partial charge < -0.3 is 25.4 Å². The standard InChI is InChI=1S/C20H23F6N7O4/c1-10(30-13-6-29-32-17(36)16(13)20(24,25)26)8-37-9-15(35)31-12-2-3-33(7-14(12)34)18-27-4-11(5-28-18)19(21,22)23/h4-6,10,12,14,34H,2-3,7-9H2,1H3,(H,31,35)(H2,30,32,36)/t10-,12+,14+/m0/s1. The van der Waals surface area contributed by atoms with E-state index in [1.54, 1.807) is 5.10 Å². The van der Waals surface area contributed by atoms with Gasteiger partial charge in [-0.1, -0.05) is 0 Å². The van der Waals surface area contributed by atoms with E-state index in [0.29, 0.717) is 12.4 Å². The molecule has 0 bridgehead atoms. The van der Waals surface area contributed by atoms with Crippen molar-refractivity contribution in [3.8, 4) is 0 Å². The highest BCUT2D eigenvalue weighted by molar-refractivity contribution is 5.77. The number of nitrogens with one attached hydrogen (secondary N) is 3. The minimum absolute atomic E-state index is 0.00550. The summed E-state index contributed by atoms with van der Waals surface area (Å²) in [5.74, 6) is -0.588. The van der Waals surface area contributed by atoms with Crippen molar-refractivity contribution in [3.05, 3.63) is 40.1 Å². The van der Waals surface area contributed by atoms with E-state index < -0.39 is 65.4 Å². The Morgan fingerprint density at radius 1 is 1.22 bits per heavy atom. The number of hydrogen-bond acceptors (Lipinski definition) is 9. The molecule has 37 heavy (non-hydrogen) atoms. The third-order valence-corrected chi connectivity index (χ3v) is 5.32. The van der Waals surface area contributed by atoms with Crippen molar-refractivity contribution in [1.82, 2.24) is 25.5 Å². The number of halogens is 6. The van der Waals surface area contributed by atoms with Gasteiger partial charge in [-0.05, 0) is 13.3 Å². The topological polar surface area (TPSA) is 145 Å². The van der Waals surface area contributed by atoms with Crippen molar-refractivity contribution >= 4 is 17.5 Å². The normalized spacial score (nSPS) is 19.4. The van der Waals surface area contributed by atoms with Crippen LogP contribution in [-0.2, 0) is 21.9 Å². The third-order valence-electron chi connectivity index (χ3n) is 5.32. The van der Waals surface area contributed by atoms with Crippen LogP contribution in [0.5, 0.6) is 0 Å². The summed E-state index contributed by atoms with van der Waals surface area (Å²) in [5.41, 5.74) is -4.38. The van der Waals surface area contributed by atoms with Crippen LogP contribution in [0, 0.1) is 0 Å². The van der Waals surface area contributed by atoms with Gasteiger partial charge in [0.25, 0.3) is 5.56 Å². The van der Waals surface area contributed by atoms with Crippen LogP contribution in [0.2, 0.25) is 0 Å². The van der Waals surface area contributed by atoms with E-state index in [1.165, 1.54) is 11.8 Å². The van der Waals surface area contributed by atoms with Crippen molar-refractivity contribution in [2.24, 2.45) is 0 Å². The first kappa shape index (κ1) is 28.1. The Morgan fingerprint density at radius 3 is 2.49 bits per heavy atom. The maximum atomic E-state index is 13.1. The fourth-order valence-corrected chi connectivity index (χ4v) is 3.59. The highest BCUT2D eigenvalue weighted by atomic mass is 19.4. The van der Waals surface area contributed by atoms with Crippen molar-refractivity contribution in [1.29, 1.82) is 0 Å². The molecule has 2 aromatic rings. The minimum atomic E-state index is -4.91. The number of rotatable bonds is 8. The first-order valence-electron chi connectivity index (χ1n) is 10.9. The molecular formula is C20H23F6N7O4. The molecular weight excluding hydrogens is 516 g/mol.